The molecular weight excluding hydrogens is 678 g/mol. The Morgan fingerprint density at radius 1 is 1.18 bits per heavy atom. The normalized spacial score (nSPS) is 15.7. The zero-order valence-corrected chi connectivity index (χ0v) is 24.1. The third-order valence-corrected chi connectivity index (χ3v) is 8.02. The predicted molar refractivity (Wildman–Crippen MR) is 150 cm³/mol. The average Bonchev–Trinajstić information content (AvgIpc) is 3.08. The van der Waals surface area contributed by atoms with Gasteiger partial charge >= 0.3 is 5.97 Å². The third kappa shape index (κ3) is 4.74. The van der Waals surface area contributed by atoms with Crippen molar-refractivity contribution in [3.8, 4) is 5.75 Å². The summed E-state index contributed by atoms with van der Waals surface area (Å²) >= 11 is 5.77. The zero-order valence-electron chi connectivity index (χ0n) is 19.0. The van der Waals surface area contributed by atoms with Crippen LogP contribution >= 0.6 is 56.5 Å². The van der Waals surface area contributed by atoms with E-state index in [4.69, 9.17) is 9.47 Å². The number of aromatic nitrogens is 1. The molecule has 0 saturated carbocycles. The van der Waals surface area contributed by atoms with Crippen molar-refractivity contribution in [3.63, 3.8) is 0 Å². The lowest BCUT2D eigenvalue weighted by Crippen LogP contribution is -2.39. The van der Waals surface area contributed by atoms with Crippen LogP contribution in [0.5, 0.6) is 5.75 Å². The Bertz CT molecular complexity index is 1460. The van der Waals surface area contributed by atoms with Crippen LogP contribution in [0.15, 0.2) is 57.5 Å². The molecule has 0 bridgehead atoms. The highest BCUT2D eigenvalue weighted by Crippen LogP contribution is 2.31. The van der Waals surface area contributed by atoms with Gasteiger partial charge in [0.1, 0.15) is 5.75 Å². The molecular formula is C25H22I2N2O4S. The smallest absolute Gasteiger partial charge is 0.338 e. The standard InChI is InChI=1S/C25H22I2N2O4S/c1-5-33-24(31)20-14(3)28-25-29(21(20)16-8-6-13(2)7-9-16)23(30)19(34-25)12-15-10-17(26)22(32-4)18(27)11-15/h6-12,21H,5H2,1-4H3/b19-12-. The molecule has 176 valence electrons. The molecule has 1 aliphatic heterocycles. The molecule has 1 aliphatic rings. The number of hydrogen-bond donors (Lipinski definition) is 0. The monoisotopic (exact) mass is 700 g/mol. The zero-order chi connectivity index (χ0) is 24.6. The maximum absolute atomic E-state index is 13.7. The molecule has 3 aromatic rings. The second kappa shape index (κ2) is 10.3. The number of carbonyl (C=O) groups excluding carboxylic acids is 1. The summed E-state index contributed by atoms with van der Waals surface area (Å²) in [6.07, 6.45) is 1.86. The van der Waals surface area contributed by atoms with Crippen molar-refractivity contribution in [2.75, 3.05) is 13.7 Å². The van der Waals surface area contributed by atoms with E-state index in [0.717, 1.165) is 29.6 Å². The predicted octanol–water partition coefficient (Wildman–Crippen LogP) is 4.32. The molecule has 2 aromatic carbocycles. The number of allylic oxidation sites excluding steroid dienone is 1. The van der Waals surface area contributed by atoms with Crippen molar-refractivity contribution >= 4 is 68.6 Å². The van der Waals surface area contributed by atoms with Crippen LogP contribution in [0.3, 0.4) is 0 Å². The number of thiazole rings is 1. The van der Waals surface area contributed by atoms with Gasteiger partial charge in [0.2, 0.25) is 0 Å². The molecule has 6 nitrogen and oxygen atoms in total. The van der Waals surface area contributed by atoms with E-state index in [0.29, 0.717) is 20.6 Å². The maximum atomic E-state index is 13.7. The van der Waals surface area contributed by atoms with Gasteiger partial charge in [-0.15, -0.1) is 0 Å². The van der Waals surface area contributed by atoms with E-state index in [1.165, 1.54) is 11.3 Å². The van der Waals surface area contributed by atoms with E-state index in [9.17, 15) is 9.59 Å². The van der Waals surface area contributed by atoms with Gasteiger partial charge in [-0.05, 0) is 95.3 Å². The van der Waals surface area contributed by atoms with Crippen LogP contribution < -0.4 is 19.6 Å². The van der Waals surface area contributed by atoms with Crippen molar-refractivity contribution in [3.05, 3.63) is 91.2 Å². The summed E-state index contributed by atoms with van der Waals surface area (Å²) < 4.78 is 14.9. The van der Waals surface area contributed by atoms with E-state index >= 15 is 0 Å². The van der Waals surface area contributed by atoms with Crippen LogP contribution in [0.4, 0.5) is 0 Å². The fourth-order valence-corrected chi connectivity index (χ4v) is 7.17. The van der Waals surface area contributed by atoms with Crippen molar-refractivity contribution in [1.29, 1.82) is 0 Å². The minimum absolute atomic E-state index is 0.190. The first kappa shape index (κ1) is 25.1. The molecule has 9 heteroatoms. The lowest BCUT2D eigenvalue weighted by atomic mass is 9.95. The highest BCUT2D eigenvalue weighted by atomic mass is 127. The van der Waals surface area contributed by atoms with Crippen LogP contribution in [0.1, 0.15) is 36.6 Å². The Morgan fingerprint density at radius 3 is 2.41 bits per heavy atom. The molecule has 0 N–H and O–H groups in total. The second-order valence-electron chi connectivity index (χ2n) is 7.73. The molecule has 0 amide bonds. The molecule has 1 atom stereocenters. The van der Waals surface area contributed by atoms with Gasteiger partial charge in [0.25, 0.3) is 5.56 Å². The molecule has 0 radical (unpaired) electrons. The fourth-order valence-electron chi connectivity index (χ4n) is 3.86. The summed E-state index contributed by atoms with van der Waals surface area (Å²) in [6.45, 7) is 5.80. The minimum atomic E-state index is -0.603. The molecule has 0 aliphatic carbocycles. The summed E-state index contributed by atoms with van der Waals surface area (Å²) in [5, 5.41) is 0. The number of rotatable bonds is 5. The Balaban J connectivity index is 1.94. The average molecular weight is 700 g/mol. The highest BCUT2D eigenvalue weighted by Gasteiger charge is 2.33. The van der Waals surface area contributed by atoms with Crippen LogP contribution in [0, 0.1) is 14.1 Å². The number of methoxy groups -OCH3 is 1. The van der Waals surface area contributed by atoms with Gasteiger partial charge < -0.3 is 9.47 Å². The summed E-state index contributed by atoms with van der Waals surface area (Å²) in [5.41, 5.74) is 3.59. The Hall–Kier alpha value is -1.99. The quantitative estimate of drug-likeness (QED) is 0.294. The first-order valence-electron chi connectivity index (χ1n) is 10.5. The first-order valence-corrected chi connectivity index (χ1v) is 13.5. The number of nitrogens with zero attached hydrogens (tertiary/aromatic N) is 2. The van der Waals surface area contributed by atoms with E-state index < -0.39 is 12.0 Å². The van der Waals surface area contributed by atoms with Gasteiger partial charge in [-0.1, -0.05) is 41.2 Å². The first-order chi connectivity index (χ1) is 16.2. The minimum Gasteiger partial charge on any atom is -0.495 e. The van der Waals surface area contributed by atoms with Gasteiger partial charge in [0, 0.05) is 0 Å². The lowest BCUT2D eigenvalue weighted by Gasteiger charge is -2.24. The molecule has 0 saturated heterocycles. The number of hydrogen-bond acceptors (Lipinski definition) is 6. The number of fused-ring (bicyclic) bond motifs is 1. The van der Waals surface area contributed by atoms with Crippen LogP contribution in [-0.4, -0.2) is 24.3 Å². The lowest BCUT2D eigenvalue weighted by molar-refractivity contribution is -0.139. The van der Waals surface area contributed by atoms with Gasteiger partial charge in [-0.3, -0.25) is 9.36 Å². The number of ether oxygens (including phenoxy) is 2. The van der Waals surface area contributed by atoms with Crippen molar-refractivity contribution < 1.29 is 14.3 Å². The molecule has 0 spiro atoms. The number of esters is 1. The van der Waals surface area contributed by atoms with E-state index in [-0.39, 0.29) is 12.2 Å². The number of aryl methyl sites for hydroxylation is 1. The van der Waals surface area contributed by atoms with Gasteiger partial charge in [-0.2, -0.15) is 0 Å². The molecule has 1 unspecified atom stereocenters. The molecule has 4 rings (SSSR count). The van der Waals surface area contributed by atoms with Crippen LogP contribution in [0.2, 0.25) is 0 Å². The molecule has 2 heterocycles. The van der Waals surface area contributed by atoms with Gasteiger partial charge in [0.05, 0.1) is 42.7 Å². The Kier molecular flexibility index (Phi) is 7.63. The van der Waals surface area contributed by atoms with Crippen molar-refractivity contribution in [2.45, 2.75) is 26.8 Å². The van der Waals surface area contributed by atoms with E-state index in [2.05, 4.69) is 50.2 Å². The van der Waals surface area contributed by atoms with E-state index in [1.54, 1.807) is 25.5 Å². The summed E-state index contributed by atoms with van der Waals surface area (Å²) in [7, 11) is 1.64. The fraction of sp³-hybridized carbons (Fsp3) is 0.240. The SMILES string of the molecule is CCOC(=O)C1=C(C)N=c2s/c(=C\c3cc(I)c(OC)c(I)c3)c(=O)n2C1c1ccc(C)cc1. The second-order valence-corrected chi connectivity index (χ2v) is 11.1. The summed E-state index contributed by atoms with van der Waals surface area (Å²) in [6, 6.07) is 11.2. The molecule has 34 heavy (non-hydrogen) atoms. The largest absolute Gasteiger partial charge is 0.495 e. The molecule has 0 fully saturated rings. The Labute approximate surface area is 228 Å². The van der Waals surface area contributed by atoms with Crippen LogP contribution in [-0.2, 0) is 9.53 Å². The van der Waals surface area contributed by atoms with E-state index in [1.807, 2.05) is 49.4 Å². The Morgan fingerprint density at radius 2 is 1.82 bits per heavy atom. The van der Waals surface area contributed by atoms with Gasteiger partial charge in [0.15, 0.2) is 4.80 Å². The summed E-state index contributed by atoms with van der Waals surface area (Å²) in [4.78, 5) is 31.8. The number of benzene rings is 2. The van der Waals surface area contributed by atoms with Crippen LogP contribution in [0.25, 0.3) is 6.08 Å². The van der Waals surface area contributed by atoms with Crippen molar-refractivity contribution in [2.24, 2.45) is 4.99 Å². The topological polar surface area (TPSA) is 69.9 Å². The third-order valence-electron chi connectivity index (χ3n) is 5.43. The molecule has 1 aromatic heterocycles. The highest BCUT2D eigenvalue weighted by molar-refractivity contribution is 14.1. The maximum Gasteiger partial charge on any atom is 0.338 e. The van der Waals surface area contributed by atoms with Crippen molar-refractivity contribution in [1.82, 2.24) is 4.57 Å². The number of halogens is 2. The summed E-state index contributed by atoms with van der Waals surface area (Å²) in [5.74, 6) is 0.358. The number of carbonyl (C=O) groups is 1. The van der Waals surface area contributed by atoms with Gasteiger partial charge in [-0.25, -0.2) is 9.79 Å².